The third kappa shape index (κ3) is 2.83. The van der Waals surface area contributed by atoms with E-state index in [1.807, 2.05) is 49.4 Å². The zero-order valence-electron chi connectivity index (χ0n) is 17.1. The molecule has 1 aromatic heterocycles. The van der Waals surface area contributed by atoms with Gasteiger partial charge >= 0.3 is 0 Å². The Hall–Kier alpha value is -3.64. The maximum absolute atomic E-state index is 15.1. The second kappa shape index (κ2) is 7.21. The largest absolute Gasteiger partial charge is 0.480 e. The first kappa shape index (κ1) is 19.1. The summed E-state index contributed by atoms with van der Waals surface area (Å²) in [5.41, 5.74) is 5.08. The molecule has 6 rings (SSSR count). The standard InChI is InChI=1S/C25H18ClFN4O/c1-14-6-2-3-7-16(14)24-21-22(18-12-15(26)10-11-20(18)32-24)30-25-28-13-29-31(25)23(21)17-8-4-5-9-19(17)27/h2-13,23-24H,1H3,(H,28,29,30)/t23-,24-/m1/s1. The molecule has 1 N–H and O–H groups in total. The van der Waals surface area contributed by atoms with Gasteiger partial charge in [-0.3, -0.25) is 0 Å². The number of nitrogens with one attached hydrogen (secondary N) is 1. The summed E-state index contributed by atoms with van der Waals surface area (Å²) < 4.78 is 23.4. The van der Waals surface area contributed by atoms with Crippen LogP contribution in [0.4, 0.5) is 10.3 Å². The Morgan fingerprint density at radius 3 is 2.62 bits per heavy atom. The Bertz CT molecular complexity index is 1400. The molecule has 2 aliphatic rings. The van der Waals surface area contributed by atoms with Gasteiger partial charge in [-0.05, 0) is 42.3 Å². The molecule has 0 saturated carbocycles. The predicted octanol–water partition coefficient (Wildman–Crippen LogP) is 5.94. The molecule has 32 heavy (non-hydrogen) atoms. The van der Waals surface area contributed by atoms with Crippen LogP contribution in [-0.2, 0) is 0 Å². The van der Waals surface area contributed by atoms with Gasteiger partial charge in [0, 0.05) is 21.7 Å². The van der Waals surface area contributed by atoms with Gasteiger partial charge < -0.3 is 10.1 Å². The first-order valence-corrected chi connectivity index (χ1v) is 10.7. The van der Waals surface area contributed by atoms with Crippen LogP contribution in [0.1, 0.15) is 34.4 Å². The quantitative estimate of drug-likeness (QED) is 0.415. The molecule has 0 saturated heterocycles. The second-order valence-electron chi connectivity index (χ2n) is 7.90. The molecule has 2 aliphatic heterocycles. The first-order valence-electron chi connectivity index (χ1n) is 10.3. The fourth-order valence-corrected chi connectivity index (χ4v) is 4.75. The maximum atomic E-state index is 15.1. The van der Waals surface area contributed by atoms with Crippen LogP contribution in [0.25, 0.3) is 5.70 Å². The Kier molecular flexibility index (Phi) is 4.30. The highest BCUT2D eigenvalue weighted by atomic mass is 35.5. The van der Waals surface area contributed by atoms with Crippen molar-refractivity contribution in [2.45, 2.75) is 19.1 Å². The number of hydrogen-bond donors (Lipinski definition) is 1. The molecule has 158 valence electrons. The molecule has 5 nitrogen and oxygen atoms in total. The second-order valence-corrected chi connectivity index (χ2v) is 8.34. The fourth-order valence-electron chi connectivity index (χ4n) is 4.58. The molecule has 4 aromatic rings. The molecule has 0 amide bonds. The third-order valence-corrected chi connectivity index (χ3v) is 6.28. The molecule has 7 heteroatoms. The van der Waals surface area contributed by atoms with Crippen molar-refractivity contribution in [1.29, 1.82) is 0 Å². The van der Waals surface area contributed by atoms with E-state index in [4.69, 9.17) is 16.3 Å². The van der Waals surface area contributed by atoms with E-state index in [1.165, 1.54) is 12.4 Å². The first-order chi connectivity index (χ1) is 15.6. The SMILES string of the molecule is Cc1ccccc1[C@H]1Oc2ccc(Cl)cc2C2=C1[C@@H](c1ccccc1F)n1ncnc1N2. The number of anilines is 1. The monoisotopic (exact) mass is 444 g/mol. The average molecular weight is 445 g/mol. The molecule has 0 aliphatic carbocycles. The van der Waals surface area contributed by atoms with Gasteiger partial charge in [0.1, 0.15) is 30.0 Å². The van der Waals surface area contributed by atoms with Gasteiger partial charge in [0.2, 0.25) is 5.95 Å². The number of benzene rings is 3. The molecule has 0 unspecified atom stereocenters. The number of rotatable bonds is 2. The topological polar surface area (TPSA) is 52.0 Å². The summed E-state index contributed by atoms with van der Waals surface area (Å²) in [6.45, 7) is 2.05. The van der Waals surface area contributed by atoms with Crippen molar-refractivity contribution in [2.24, 2.45) is 0 Å². The summed E-state index contributed by atoms with van der Waals surface area (Å²) in [5.74, 6) is 0.927. The molecule has 0 bridgehead atoms. The van der Waals surface area contributed by atoms with E-state index < -0.39 is 12.1 Å². The highest BCUT2D eigenvalue weighted by Crippen LogP contribution is 2.51. The molecule has 0 radical (unpaired) electrons. The third-order valence-electron chi connectivity index (χ3n) is 6.05. The lowest BCUT2D eigenvalue weighted by molar-refractivity contribution is 0.221. The van der Waals surface area contributed by atoms with Gasteiger partial charge in [-0.15, -0.1) is 0 Å². The Morgan fingerprint density at radius 1 is 1.03 bits per heavy atom. The summed E-state index contributed by atoms with van der Waals surface area (Å²) in [6, 6.07) is 19.8. The zero-order valence-corrected chi connectivity index (χ0v) is 17.8. The number of hydrogen-bond acceptors (Lipinski definition) is 4. The molecular weight excluding hydrogens is 427 g/mol. The Balaban J connectivity index is 1.68. The number of ether oxygens (including phenoxy) is 1. The van der Waals surface area contributed by atoms with E-state index >= 15 is 4.39 Å². The summed E-state index contributed by atoms with van der Waals surface area (Å²) >= 11 is 6.35. The van der Waals surface area contributed by atoms with Crippen molar-refractivity contribution in [3.8, 4) is 5.75 Å². The summed E-state index contributed by atoms with van der Waals surface area (Å²) in [5, 5.41) is 8.43. The van der Waals surface area contributed by atoms with E-state index in [0.717, 1.165) is 28.0 Å². The molecule has 2 atom stereocenters. The molecular formula is C25H18ClFN4O. The number of halogens is 2. The molecule has 3 heterocycles. The van der Waals surface area contributed by atoms with E-state index in [2.05, 4.69) is 15.4 Å². The lowest BCUT2D eigenvalue weighted by Crippen LogP contribution is -2.33. The van der Waals surface area contributed by atoms with Gasteiger partial charge in [-0.25, -0.2) is 9.07 Å². The van der Waals surface area contributed by atoms with Crippen LogP contribution in [0, 0.1) is 12.7 Å². The van der Waals surface area contributed by atoms with Crippen LogP contribution in [0.3, 0.4) is 0 Å². The molecule has 0 spiro atoms. The van der Waals surface area contributed by atoms with E-state index in [-0.39, 0.29) is 5.82 Å². The smallest absolute Gasteiger partial charge is 0.226 e. The van der Waals surface area contributed by atoms with Gasteiger partial charge in [-0.1, -0.05) is 54.1 Å². The highest BCUT2D eigenvalue weighted by Gasteiger charge is 2.42. The number of nitrogens with zero attached hydrogens (tertiary/aromatic N) is 3. The summed E-state index contributed by atoms with van der Waals surface area (Å²) in [6.07, 6.45) is 1.02. The fraction of sp³-hybridized carbons (Fsp3) is 0.120. The lowest BCUT2D eigenvalue weighted by atomic mass is 9.83. The summed E-state index contributed by atoms with van der Waals surface area (Å²) in [4.78, 5) is 4.37. The Morgan fingerprint density at radius 2 is 1.81 bits per heavy atom. The Labute approximate surface area is 189 Å². The van der Waals surface area contributed by atoms with Crippen LogP contribution >= 0.6 is 11.6 Å². The summed E-state index contributed by atoms with van der Waals surface area (Å²) in [7, 11) is 0. The lowest BCUT2D eigenvalue weighted by Gasteiger charge is -2.39. The zero-order chi connectivity index (χ0) is 21.8. The maximum Gasteiger partial charge on any atom is 0.226 e. The van der Waals surface area contributed by atoms with Gasteiger partial charge in [0.25, 0.3) is 0 Å². The van der Waals surface area contributed by atoms with E-state index in [1.54, 1.807) is 22.9 Å². The highest BCUT2D eigenvalue weighted by molar-refractivity contribution is 6.30. The minimum absolute atomic E-state index is 0.312. The number of fused-ring (bicyclic) bond motifs is 3. The molecule has 3 aromatic carbocycles. The van der Waals surface area contributed by atoms with Crippen molar-refractivity contribution in [3.05, 3.63) is 112 Å². The van der Waals surface area contributed by atoms with Crippen molar-refractivity contribution in [3.63, 3.8) is 0 Å². The van der Waals surface area contributed by atoms with Crippen molar-refractivity contribution in [1.82, 2.24) is 14.8 Å². The van der Waals surface area contributed by atoms with Crippen LogP contribution in [0.5, 0.6) is 5.75 Å². The van der Waals surface area contributed by atoms with E-state index in [9.17, 15) is 0 Å². The van der Waals surface area contributed by atoms with Gasteiger partial charge in [0.05, 0.1) is 5.70 Å². The van der Waals surface area contributed by atoms with Crippen LogP contribution in [0.2, 0.25) is 5.02 Å². The van der Waals surface area contributed by atoms with E-state index in [0.29, 0.717) is 22.3 Å². The minimum atomic E-state index is -0.540. The van der Waals surface area contributed by atoms with Crippen LogP contribution in [-0.4, -0.2) is 14.8 Å². The van der Waals surface area contributed by atoms with Gasteiger partial charge in [0.15, 0.2) is 0 Å². The number of aromatic nitrogens is 3. The average Bonchev–Trinajstić information content (AvgIpc) is 3.27. The normalized spacial score (nSPS) is 18.8. The van der Waals surface area contributed by atoms with Crippen molar-refractivity contribution < 1.29 is 9.13 Å². The van der Waals surface area contributed by atoms with Crippen LogP contribution in [0.15, 0.2) is 78.6 Å². The van der Waals surface area contributed by atoms with Crippen LogP contribution < -0.4 is 10.1 Å². The van der Waals surface area contributed by atoms with Crippen molar-refractivity contribution >= 4 is 23.2 Å². The number of aryl methyl sites for hydroxylation is 1. The molecule has 0 fully saturated rings. The minimum Gasteiger partial charge on any atom is -0.480 e. The van der Waals surface area contributed by atoms with Crippen molar-refractivity contribution in [2.75, 3.05) is 5.32 Å². The van der Waals surface area contributed by atoms with Gasteiger partial charge in [-0.2, -0.15) is 10.1 Å². The predicted molar refractivity (Wildman–Crippen MR) is 121 cm³/mol.